The summed E-state index contributed by atoms with van der Waals surface area (Å²) in [6, 6.07) is 13.0. The van der Waals surface area contributed by atoms with Gasteiger partial charge in [-0.3, -0.25) is 4.79 Å². The van der Waals surface area contributed by atoms with E-state index in [0.29, 0.717) is 0 Å². The number of anilines is 1. The fourth-order valence-corrected chi connectivity index (χ4v) is 3.07. The molecule has 0 spiro atoms. The second-order valence-electron chi connectivity index (χ2n) is 5.50. The number of benzene rings is 1. The van der Waals surface area contributed by atoms with E-state index in [-0.39, 0.29) is 24.4 Å². The molecule has 0 aliphatic carbocycles. The molecule has 3 rings (SSSR count). The molecule has 0 saturated carbocycles. The van der Waals surface area contributed by atoms with Crippen LogP contribution in [-0.2, 0) is 11.3 Å². The van der Waals surface area contributed by atoms with Gasteiger partial charge < -0.3 is 9.32 Å². The summed E-state index contributed by atoms with van der Waals surface area (Å²) >= 11 is 1.42. The number of thiophene rings is 1. The fraction of sp³-hybridized carbons (Fsp3) is 0.235. The Balaban J connectivity index is 1.85. The number of carbonyl (C=O) groups is 1. The van der Waals surface area contributed by atoms with Crippen molar-refractivity contribution in [2.24, 2.45) is 0 Å². The molecule has 1 aromatic carbocycles. The highest BCUT2D eigenvalue weighted by Crippen LogP contribution is 2.21. The number of aromatic nitrogens is 2. The lowest BCUT2D eigenvalue weighted by molar-refractivity contribution is -0.119. The maximum Gasteiger partial charge on any atom is 0.437 e. The first-order valence-electron chi connectivity index (χ1n) is 7.55. The Kier molecular flexibility index (Phi) is 4.61. The van der Waals surface area contributed by atoms with Gasteiger partial charge in [0, 0.05) is 11.7 Å². The first-order chi connectivity index (χ1) is 11.6. The minimum absolute atomic E-state index is 0.0423. The Morgan fingerprint density at radius 1 is 1.25 bits per heavy atom. The topological polar surface area (TPSA) is 68.3 Å². The van der Waals surface area contributed by atoms with Crippen LogP contribution >= 0.6 is 11.3 Å². The highest BCUT2D eigenvalue weighted by Gasteiger charge is 2.21. The first-order valence-corrected chi connectivity index (χ1v) is 8.43. The molecule has 1 amide bonds. The largest absolute Gasteiger partial charge is 0.437 e. The highest BCUT2D eigenvalue weighted by molar-refractivity contribution is 7.13. The van der Waals surface area contributed by atoms with Gasteiger partial charge in [-0.2, -0.15) is 4.68 Å². The molecule has 7 heteroatoms. The normalized spacial score (nSPS) is 11.0. The number of hydrogen-bond donors (Lipinski definition) is 0. The Morgan fingerprint density at radius 3 is 2.62 bits per heavy atom. The van der Waals surface area contributed by atoms with Crippen LogP contribution in [0.25, 0.3) is 10.8 Å². The lowest BCUT2D eigenvalue weighted by atomic mass is 10.2. The fourth-order valence-electron chi connectivity index (χ4n) is 2.43. The number of nitrogens with zero attached hydrogens (tertiary/aromatic N) is 3. The zero-order valence-electron chi connectivity index (χ0n) is 13.4. The molecule has 2 heterocycles. The molecule has 0 aliphatic heterocycles. The van der Waals surface area contributed by atoms with Gasteiger partial charge in [0.15, 0.2) is 0 Å². The predicted molar refractivity (Wildman–Crippen MR) is 93.1 cm³/mol. The van der Waals surface area contributed by atoms with Crippen LogP contribution in [0.5, 0.6) is 0 Å². The van der Waals surface area contributed by atoms with Crippen molar-refractivity contribution >= 4 is 22.9 Å². The molecule has 124 valence electrons. The molecule has 0 radical (unpaired) electrons. The maximum atomic E-state index is 12.7. The van der Waals surface area contributed by atoms with Crippen LogP contribution in [0, 0.1) is 0 Å². The second-order valence-corrected chi connectivity index (χ2v) is 6.45. The van der Waals surface area contributed by atoms with Crippen LogP contribution in [0.2, 0.25) is 0 Å². The van der Waals surface area contributed by atoms with Gasteiger partial charge in [0.05, 0.1) is 4.88 Å². The van der Waals surface area contributed by atoms with E-state index >= 15 is 0 Å². The molecule has 0 saturated heterocycles. The lowest BCUT2D eigenvalue weighted by Crippen LogP contribution is -2.40. The van der Waals surface area contributed by atoms with E-state index in [4.69, 9.17) is 4.42 Å². The molecule has 2 aromatic heterocycles. The molecule has 24 heavy (non-hydrogen) atoms. The van der Waals surface area contributed by atoms with Crippen LogP contribution in [0.4, 0.5) is 5.69 Å². The minimum atomic E-state index is -0.636. The van der Waals surface area contributed by atoms with E-state index in [1.54, 1.807) is 4.90 Å². The van der Waals surface area contributed by atoms with Crippen molar-refractivity contribution in [2.45, 2.75) is 26.4 Å². The second kappa shape index (κ2) is 6.84. The number of hydrogen-bond acceptors (Lipinski definition) is 5. The molecule has 0 fully saturated rings. The molecule has 0 N–H and O–H groups in total. The van der Waals surface area contributed by atoms with Gasteiger partial charge in [0.2, 0.25) is 5.91 Å². The van der Waals surface area contributed by atoms with Gasteiger partial charge in [-0.15, -0.1) is 16.4 Å². The molecule has 0 atom stereocenters. The summed E-state index contributed by atoms with van der Waals surface area (Å²) in [5.41, 5.74) is 0.785. The van der Waals surface area contributed by atoms with Crippen LogP contribution in [0.3, 0.4) is 0 Å². The summed E-state index contributed by atoms with van der Waals surface area (Å²) in [7, 11) is 0. The van der Waals surface area contributed by atoms with Crippen molar-refractivity contribution in [3.05, 3.63) is 58.4 Å². The van der Waals surface area contributed by atoms with Crippen molar-refractivity contribution in [1.82, 2.24) is 9.78 Å². The van der Waals surface area contributed by atoms with Crippen LogP contribution in [0.1, 0.15) is 13.8 Å². The smallest absolute Gasteiger partial charge is 0.387 e. The van der Waals surface area contributed by atoms with Crippen molar-refractivity contribution in [3.63, 3.8) is 0 Å². The monoisotopic (exact) mass is 343 g/mol. The summed E-state index contributed by atoms with van der Waals surface area (Å²) in [4.78, 5) is 27.1. The lowest BCUT2D eigenvalue weighted by Gasteiger charge is -2.26. The molecule has 0 aliphatic rings. The van der Waals surface area contributed by atoms with Gasteiger partial charge >= 0.3 is 5.76 Å². The van der Waals surface area contributed by atoms with Gasteiger partial charge in [-0.1, -0.05) is 24.3 Å². The minimum Gasteiger partial charge on any atom is -0.387 e. The summed E-state index contributed by atoms with van der Waals surface area (Å²) in [5.74, 6) is -0.619. The van der Waals surface area contributed by atoms with Crippen LogP contribution < -0.4 is 10.7 Å². The molecule has 0 unspecified atom stereocenters. The van der Waals surface area contributed by atoms with E-state index in [0.717, 1.165) is 15.2 Å². The molecule has 3 aromatic rings. The van der Waals surface area contributed by atoms with Crippen molar-refractivity contribution in [1.29, 1.82) is 0 Å². The Bertz CT molecular complexity index is 866. The summed E-state index contributed by atoms with van der Waals surface area (Å²) < 4.78 is 6.21. The number of carbonyl (C=O) groups excluding carboxylic acids is 1. The zero-order valence-corrected chi connectivity index (χ0v) is 14.2. The van der Waals surface area contributed by atoms with E-state index in [2.05, 4.69) is 5.10 Å². The van der Waals surface area contributed by atoms with Gasteiger partial charge in [0.25, 0.3) is 5.89 Å². The van der Waals surface area contributed by atoms with Crippen molar-refractivity contribution < 1.29 is 9.21 Å². The van der Waals surface area contributed by atoms with Crippen molar-refractivity contribution in [2.75, 3.05) is 4.90 Å². The number of para-hydroxylation sites is 1. The van der Waals surface area contributed by atoms with E-state index in [1.807, 2.05) is 61.7 Å². The van der Waals surface area contributed by atoms with Gasteiger partial charge in [-0.25, -0.2) is 4.79 Å². The average Bonchev–Trinajstić information content (AvgIpc) is 3.19. The highest BCUT2D eigenvalue weighted by atomic mass is 32.1. The van der Waals surface area contributed by atoms with Crippen LogP contribution in [0.15, 0.2) is 57.1 Å². The van der Waals surface area contributed by atoms with E-state index in [9.17, 15) is 9.59 Å². The standard InChI is InChI=1S/C17H17N3O3S/c1-12(2)20(13-7-4-3-5-8-13)15(21)11-19-17(22)23-16(18-19)14-9-6-10-24-14/h3-10,12H,11H2,1-2H3. The average molecular weight is 343 g/mol. The quantitative estimate of drug-likeness (QED) is 0.714. The third-order valence-corrected chi connectivity index (χ3v) is 4.30. The van der Waals surface area contributed by atoms with E-state index in [1.165, 1.54) is 11.3 Å². The van der Waals surface area contributed by atoms with Gasteiger partial charge in [0.1, 0.15) is 6.54 Å². The summed E-state index contributed by atoms with van der Waals surface area (Å²) in [6.45, 7) is 3.68. The Labute approximate surface area is 143 Å². The summed E-state index contributed by atoms with van der Waals surface area (Å²) in [6.07, 6.45) is 0. The van der Waals surface area contributed by atoms with Crippen LogP contribution in [-0.4, -0.2) is 21.7 Å². The zero-order chi connectivity index (χ0) is 17.1. The maximum absolute atomic E-state index is 12.7. The molecule has 0 bridgehead atoms. The first kappa shape index (κ1) is 16.2. The number of amides is 1. The predicted octanol–water partition coefficient (Wildman–Crippen LogP) is 3.01. The molecular formula is C17H17N3O3S. The summed E-state index contributed by atoms with van der Waals surface area (Å²) in [5, 5.41) is 6.00. The third kappa shape index (κ3) is 3.30. The Morgan fingerprint density at radius 2 is 2.00 bits per heavy atom. The third-order valence-electron chi connectivity index (χ3n) is 3.44. The number of rotatable bonds is 5. The van der Waals surface area contributed by atoms with E-state index < -0.39 is 5.76 Å². The van der Waals surface area contributed by atoms with Crippen molar-refractivity contribution in [3.8, 4) is 10.8 Å². The Hall–Kier alpha value is -2.67. The molecule has 6 nitrogen and oxygen atoms in total. The SMILES string of the molecule is CC(C)N(C(=O)Cn1nc(-c2cccs2)oc1=O)c1ccccc1. The van der Waals surface area contributed by atoms with Gasteiger partial charge in [-0.05, 0) is 37.4 Å². The molecular weight excluding hydrogens is 326 g/mol.